The molecule has 0 aliphatic rings. The summed E-state index contributed by atoms with van der Waals surface area (Å²) in [5.74, 6) is -0.233. The molecular weight excluding hydrogens is 390 g/mol. The van der Waals surface area contributed by atoms with E-state index in [1.807, 2.05) is 13.0 Å². The van der Waals surface area contributed by atoms with Crippen LogP contribution in [0.5, 0.6) is 0 Å². The number of carbonyl (C=O) groups excluding carboxylic acids is 1. The first kappa shape index (κ1) is 19.4. The van der Waals surface area contributed by atoms with E-state index in [-0.39, 0.29) is 24.3 Å². The second-order valence-electron chi connectivity index (χ2n) is 5.86. The van der Waals surface area contributed by atoms with E-state index in [2.05, 4.69) is 10.8 Å². The fraction of sp³-hybridized carbons (Fsp3) is 0.222. The van der Waals surface area contributed by atoms with E-state index < -0.39 is 5.91 Å². The van der Waals surface area contributed by atoms with Crippen LogP contribution in [0, 0.1) is 6.92 Å². The molecule has 0 unspecified atom stereocenters. The summed E-state index contributed by atoms with van der Waals surface area (Å²) in [6.07, 6.45) is 0. The van der Waals surface area contributed by atoms with Crippen molar-refractivity contribution in [2.24, 2.45) is 7.05 Å². The van der Waals surface area contributed by atoms with Crippen LogP contribution in [0.4, 0.5) is 11.5 Å². The van der Waals surface area contributed by atoms with E-state index in [0.29, 0.717) is 26.6 Å². The van der Waals surface area contributed by atoms with Gasteiger partial charge in [-0.2, -0.15) is 0 Å². The molecule has 0 saturated carbocycles. The van der Waals surface area contributed by atoms with Gasteiger partial charge in [0.2, 0.25) is 0 Å². The van der Waals surface area contributed by atoms with Gasteiger partial charge in [0.15, 0.2) is 0 Å². The van der Waals surface area contributed by atoms with Gasteiger partial charge in [0, 0.05) is 7.05 Å². The largest absolute Gasteiger partial charge is 0.394 e. The number of hydrogen-bond donors (Lipinski definition) is 3. The van der Waals surface area contributed by atoms with Crippen LogP contribution in [0.25, 0.3) is 10.1 Å². The number of carbonyl (C=O) groups is 1. The molecule has 3 aromatic rings. The van der Waals surface area contributed by atoms with Crippen LogP contribution in [-0.4, -0.2) is 28.8 Å². The lowest BCUT2D eigenvalue weighted by Gasteiger charge is -2.17. The first-order valence-electron chi connectivity index (χ1n) is 8.10. The Morgan fingerprint density at radius 2 is 2.15 bits per heavy atom. The summed E-state index contributed by atoms with van der Waals surface area (Å²) in [7, 11) is 1.58. The Morgan fingerprint density at radius 1 is 1.37 bits per heavy atom. The molecule has 0 radical (unpaired) electrons. The van der Waals surface area contributed by atoms with E-state index in [0.717, 1.165) is 5.56 Å². The van der Waals surface area contributed by atoms with Crippen LogP contribution in [0.1, 0.15) is 15.9 Å². The van der Waals surface area contributed by atoms with Gasteiger partial charge in [-0.05, 0) is 36.1 Å². The number of nitrogens with zero attached hydrogens (tertiary/aromatic N) is 1. The summed E-state index contributed by atoms with van der Waals surface area (Å²) in [5.41, 5.74) is 3.88. The van der Waals surface area contributed by atoms with Gasteiger partial charge in [0.05, 0.1) is 34.0 Å². The summed E-state index contributed by atoms with van der Waals surface area (Å²) in [4.78, 5) is 30.4. The van der Waals surface area contributed by atoms with Crippen molar-refractivity contribution in [3.05, 3.63) is 56.1 Å². The zero-order valence-corrected chi connectivity index (χ0v) is 16.3. The highest BCUT2D eigenvalue weighted by molar-refractivity contribution is 7.17. The lowest BCUT2D eigenvalue weighted by atomic mass is 10.1. The van der Waals surface area contributed by atoms with Gasteiger partial charge in [-0.3, -0.25) is 19.0 Å². The van der Waals surface area contributed by atoms with Gasteiger partial charge < -0.3 is 10.4 Å². The number of aromatic nitrogens is 1. The maximum absolute atomic E-state index is 12.7. The summed E-state index contributed by atoms with van der Waals surface area (Å²) in [6, 6.07) is 7.12. The van der Waals surface area contributed by atoms with E-state index >= 15 is 0 Å². The molecule has 2 heterocycles. The highest BCUT2D eigenvalue weighted by Gasteiger charge is 2.22. The fourth-order valence-corrected chi connectivity index (χ4v) is 3.86. The quantitative estimate of drug-likeness (QED) is 0.431. The number of aliphatic hydroxyl groups excluding tert-OH is 1. The zero-order valence-electron chi connectivity index (χ0n) is 14.7. The third-order valence-corrected chi connectivity index (χ3v) is 5.21. The molecule has 0 saturated heterocycles. The molecule has 1 aromatic carbocycles. The highest BCUT2D eigenvalue weighted by atomic mass is 35.5. The number of aliphatic hydroxyl groups is 1. The summed E-state index contributed by atoms with van der Waals surface area (Å²) < 4.78 is 1.90. The topological polar surface area (TPSA) is 92.6 Å². The molecule has 27 heavy (non-hydrogen) atoms. The molecule has 9 heteroatoms. The predicted octanol–water partition coefficient (Wildman–Crippen LogP) is 2.96. The molecule has 0 aliphatic carbocycles. The number of aryl methyl sites for hydroxylation is 1. The van der Waals surface area contributed by atoms with Gasteiger partial charge in [0.25, 0.3) is 11.5 Å². The molecule has 0 spiro atoms. The molecule has 3 rings (SSSR count). The second kappa shape index (κ2) is 8.10. The smallest absolute Gasteiger partial charge is 0.280 e. The van der Waals surface area contributed by atoms with E-state index in [9.17, 15) is 9.59 Å². The first-order chi connectivity index (χ1) is 12.9. The number of amides is 1. The van der Waals surface area contributed by atoms with E-state index in [1.165, 1.54) is 15.9 Å². The Kier molecular flexibility index (Phi) is 5.81. The number of rotatable bonds is 6. The normalized spacial score (nSPS) is 11.0. The average Bonchev–Trinajstić information content (AvgIpc) is 3.11. The van der Waals surface area contributed by atoms with Crippen LogP contribution in [0.15, 0.2) is 34.4 Å². The number of nitrogens with one attached hydrogen (secondary N) is 2. The summed E-state index contributed by atoms with van der Waals surface area (Å²) in [6.45, 7) is 1.64. The Bertz CT molecular complexity index is 1060. The SMILES string of the molecule is Cc1ccc(Nc2c(C(=O)NOCCO)c3sccc3c(=O)n2C)c(Cl)c1. The molecule has 0 aliphatic heterocycles. The average molecular weight is 408 g/mol. The van der Waals surface area contributed by atoms with Crippen molar-refractivity contribution < 1.29 is 14.7 Å². The Balaban J connectivity index is 2.14. The predicted molar refractivity (Wildman–Crippen MR) is 107 cm³/mol. The third-order valence-electron chi connectivity index (χ3n) is 3.96. The molecule has 0 bridgehead atoms. The zero-order chi connectivity index (χ0) is 19.6. The minimum Gasteiger partial charge on any atom is -0.394 e. The van der Waals surface area contributed by atoms with Gasteiger partial charge in [-0.25, -0.2) is 5.48 Å². The van der Waals surface area contributed by atoms with Gasteiger partial charge in [-0.15, -0.1) is 11.3 Å². The molecule has 0 fully saturated rings. The standard InChI is InChI=1S/C18H18ClN3O4S/c1-10-3-4-13(12(19)9-10)20-16-14(17(24)21-26-7-6-23)15-11(5-8-27-15)18(25)22(16)2/h3-5,8-9,20,23H,6-7H2,1-2H3,(H,21,24). The second-order valence-corrected chi connectivity index (χ2v) is 7.19. The van der Waals surface area contributed by atoms with E-state index in [4.69, 9.17) is 21.5 Å². The van der Waals surface area contributed by atoms with Crippen molar-refractivity contribution in [3.8, 4) is 0 Å². The van der Waals surface area contributed by atoms with E-state index in [1.54, 1.807) is 30.6 Å². The summed E-state index contributed by atoms with van der Waals surface area (Å²) in [5, 5.41) is 14.6. The van der Waals surface area contributed by atoms with Crippen LogP contribution in [-0.2, 0) is 11.9 Å². The molecule has 142 valence electrons. The number of benzene rings is 1. The van der Waals surface area contributed by atoms with Crippen molar-refractivity contribution in [2.45, 2.75) is 6.92 Å². The molecule has 0 atom stereocenters. The maximum Gasteiger partial charge on any atom is 0.280 e. The van der Waals surface area contributed by atoms with Crippen molar-refractivity contribution in [1.29, 1.82) is 0 Å². The monoisotopic (exact) mass is 407 g/mol. The molecule has 3 N–H and O–H groups in total. The Hall–Kier alpha value is -2.39. The minimum absolute atomic E-state index is 0.0440. The number of fused-ring (bicyclic) bond motifs is 1. The maximum atomic E-state index is 12.7. The molecular formula is C18H18ClN3O4S. The number of hydroxylamine groups is 1. The lowest BCUT2D eigenvalue weighted by Crippen LogP contribution is -2.29. The Morgan fingerprint density at radius 3 is 2.85 bits per heavy atom. The molecule has 7 nitrogen and oxygen atoms in total. The number of pyridine rings is 1. The van der Waals surface area contributed by atoms with Crippen molar-refractivity contribution in [2.75, 3.05) is 18.5 Å². The summed E-state index contributed by atoms with van der Waals surface area (Å²) >= 11 is 7.59. The number of thiophene rings is 1. The fourth-order valence-electron chi connectivity index (χ4n) is 2.65. The van der Waals surface area contributed by atoms with Crippen LogP contribution < -0.4 is 16.4 Å². The number of halogens is 1. The van der Waals surface area contributed by atoms with Crippen LogP contribution in [0.3, 0.4) is 0 Å². The highest BCUT2D eigenvalue weighted by Crippen LogP contribution is 2.32. The van der Waals surface area contributed by atoms with Gasteiger partial charge >= 0.3 is 0 Å². The molecule has 1 amide bonds. The lowest BCUT2D eigenvalue weighted by molar-refractivity contribution is 0.0170. The molecule has 2 aromatic heterocycles. The van der Waals surface area contributed by atoms with Crippen molar-refractivity contribution in [1.82, 2.24) is 10.0 Å². The minimum atomic E-state index is -0.530. The van der Waals surface area contributed by atoms with Crippen LogP contribution in [0.2, 0.25) is 5.02 Å². The van der Waals surface area contributed by atoms with Crippen molar-refractivity contribution >= 4 is 50.4 Å². The van der Waals surface area contributed by atoms with Crippen LogP contribution >= 0.6 is 22.9 Å². The van der Waals surface area contributed by atoms with Gasteiger partial charge in [0.1, 0.15) is 11.4 Å². The first-order valence-corrected chi connectivity index (χ1v) is 9.36. The Labute approximate surface area is 164 Å². The van der Waals surface area contributed by atoms with Gasteiger partial charge in [-0.1, -0.05) is 17.7 Å². The number of hydrogen-bond acceptors (Lipinski definition) is 6. The third kappa shape index (κ3) is 3.84. The van der Waals surface area contributed by atoms with Crippen molar-refractivity contribution in [3.63, 3.8) is 0 Å². The number of anilines is 2.